The van der Waals surface area contributed by atoms with Crippen LogP contribution in [0.1, 0.15) is 31.1 Å². The summed E-state index contributed by atoms with van der Waals surface area (Å²) in [6, 6.07) is 23.8. The van der Waals surface area contributed by atoms with Gasteiger partial charge >= 0.3 is 17.9 Å². The molecule has 1 aliphatic rings. The molecule has 0 aromatic heterocycles. The van der Waals surface area contributed by atoms with Gasteiger partial charge in [-0.15, -0.1) is 0 Å². The quantitative estimate of drug-likeness (QED) is 0.415. The lowest BCUT2D eigenvalue weighted by Crippen LogP contribution is -2.37. The number of carbonyl (C=O) groups is 3. The van der Waals surface area contributed by atoms with Crippen LogP contribution in [0.15, 0.2) is 91.0 Å². The molecule has 0 aliphatic carbocycles. The highest BCUT2D eigenvalue weighted by Crippen LogP contribution is 2.30. The molecule has 4 rings (SSSR count). The van der Waals surface area contributed by atoms with Crippen LogP contribution in [-0.4, -0.2) is 42.8 Å². The van der Waals surface area contributed by atoms with Gasteiger partial charge in [-0.25, -0.2) is 18.8 Å². The van der Waals surface area contributed by atoms with E-state index < -0.39 is 42.8 Å². The Balaban J connectivity index is 1.52. The Morgan fingerprint density at radius 2 is 0.939 bits per heavy atom. The maximum atomic E-state index is 15.2. The van der Waals surface area contributed by atoms with Gasteiger partial charge in [0.25, 0.3) is 0 Å². The molecule has 0 bridgehead atoms. The number of benzene rings is 3. The minimum absolute atomic E-state index is 0.169. The highest BCUT2D eigenvalue weighted by Gasteiger charge is 2.52. The molecule has 0 spiro atoms. The fraction of sp³-hybridized carbons (Fsp3) is 0.160. The Morgan fingerprint density at radius 3 is 1.36 bits per heavy atom. The Kier molecular flexibility index (Phi) is 6.75. The summed E-state index contributed by atoms with van der Waals surface area (Å²) in [6.45, 7) is 0. The third-order valence-electron chi connectivity index (χ3n) is 4.83. The zero-order valence-electron chi connectivity index (χ0n) is 17.2. The van der Waals surface area contributed by atoms with Gasteiger partial charge in [-0.05, 0) is 36.4 Å². The first-order valence-electron chi connectivity index (χ1n) is 10.1. The van der Waals surface area contributed by atoms with Crippen molar-refractivity contribution in [1.82, 2.24) is 0 Å². The fourth-order valence-electron chi connectivity index (χ4n) is 3.16. The second-order valence-corrected chi connectivity index (χ2v) is 7.10. The van der Waals surface area contributed by atoms with Crippen molar-refractivity contribution in [3.05, 3.63) is 108 Å². The lowest BCUT2D eigenvalue weighted by Gasteiger charge is -2.19. The van der Waals surface area contributed by atoms with Crippen LogP contribution in [0.5, 0.6) is 0 Å². The van der Waals surface area contributed by atoms with E-state index in [2.05, 4.69) is 0 Å². The number of alkyl halides is 1. The summed E-state index contributed by atoms with van der Waals surface area (Å²) in [4.78, 5) is 37.4. The van der Waals surface area contributed by atoms with Gasteiger partial charge in [-0.2, -0.15) is 0 Å². The molecule has 0 N–H and O–H groups in total. The number of esters is 3. The van der Waals surface area contributed by atoms with Crippen molar-refractivity contribution in [2.24, 2.45) is 0 Å². The van der Waals surface area contributed by atoms with E-state index in [-0.39, 0.29) is 16.7 Å². The second kappa shape index (κ2) is 10.1. The van der Waals surface area contributed by atoms with Crippen LogP contribution in [0.4, 0.5) is 4.39 Å². The van der Waals surface area contributed by atoms with Crippen molar-refractivity contribution in [1.29, 1.82) is 0 Å². The van der Waals surface area contributed by atoms with Gasteiger partial charge < -0.3 is 14.2 Å². The summed E-state index contributed by atoms with van der Waals surface area (Å²) in [6.07, 6.45) is -7.13. The van der Waals surface area contributed by atoms with E-state index in [1.807, 2.05) is 0 Å². The summed E-state index contributed by atoms with van der Waals surface area (Å²) < 4.78 is 36.3. The average molecular weight is 450 g/mol. The first-order chi connectivity index (χ1) is 16.0. The van der Waals surface area contributed by atoms with E-state index in [4.69, 9.17) is 18.9 Å². The zero-order valence-corrected chi connectivity index (χ0v) is 17.2. The third-order valence-corrected chi connectivity index (χ3v) is 4.83. The maximum absolute atomic E-state index is 15.2. The SMILES string of the molecule is O=C(OC1OC(OC(=O)c2ccccc2)[C@@H](OC(=O)c2ccccc2)[C@@H]1F)c1ccccc1. The lowest BCUT2D eigenvalue weighted by molar-refractivity contribution is -0.182. The Morgan fingerprint density at radius 1 is 0.576 bits per heavy atom. The van der Waals surface area contributed by atoms with E-state index in [1.165, 1.54) is 36.4 Å². The highest BCUT2D eigenvalue weighted by atomic mass is 19.1. The second-order valence-electron chi connectivity index (χ2n) is 7.10. The molecule has 168 valence electrons. The van der Waals surface area contributed by atoms with Gasteiger partial charge in [0.1, 0.15) is 0 Å². The molecule has 3 aromatic rings. The van der Waals surface area contributed by atoms with Crippen molar-refractivity contribution < 1.29 is 37.7 Å². The van der Waals surface area contributed by atoms with Gasteiger partial charge in [0.15, 0.2) is 0 Å². The molecular weight excluding hydrogens is 431 g/mol. The molecular formula is C25H19FO7. The standard InChI is InChI=1S/C25H19FO7/c26-19-20(30-21(27)16-10-4-1-5-11-16)25(32-23(29)18-14-8-3-9-15-18)33-24(19)31-22(28)17-12-6-2-7-13-17/h1-15,19-20,24-25H/t19-,20-,24?,25?/m0/s1. The van der Waals surface area contributed by atoms with Crippen molar-refractivity contribution in [2.45, 2.75) is 24.9 Å². The molecule has 1 aliphatic heterocycles. The fourth-order valence-corrected chi connectivity index (χ4v) is 3.16. The van der Waals surface area contributed by atoms with Gasteiger partial charge in [0.05, 0.1) is 16.7 Å². The first kappa shape index (κ1) is 22.2. The van der Waals surface area contributed by atoms with E-state index in [9.17, 15) is 14.4 Å². The Bertz CT molecular complexity index is 1110. The van der Waals surface area contributed by atoms with E-state index >= 15 is 4.39 Å². The smallest absolute Gasteiger partial charge is 0.340 e. The molecule has 8 heteroatoms. The zero-order chi connectivity index (χ0) is 23.2. The van der Waals surface area contributed by atoms with Crippen molar-refractivity contribution in [2.75, 3.05) is 0 Å². The molecule has 2 unspecified atom stereocenters. The van der Waals surface area contributed by atoms with Crippen molar-refractivity contribution in [3.63, 3.8) is 0 Å². The molecule has 4 atom stereocenters. The molecule has 0 saturated carbocycles. The Labute approximate surface area is 188 Å². The molecule has 0 radical (unpaired) electrons. The van der Waals surface area contributed by atoms with Crippen LogP contribution in [0.25, 0.3) is 0 Å². The highest BCUT2D eigenvalue weighted by molar-refractivity contribution is 5.91. The molecule has 3 aromatic carbocycles. The topological polar surface area (TPSA) is 88.1 Å². The average Bonchev–Trinajstić information content (AvgIpc) is 3.14. The minimum atomic E-state index is -2.10. The van der Waals surface area contributed by atoms with Crippen molar-refractivity contribution >= 4 is 17.9 Å². The van der Waals surface area contributed by atoms with E-state index in [1.54, 1.807) is 54.6 Å². The first-order valence-corrected chi connectivity index (χ1v) is 10.1. The molecule has 0 amide bonds. The van der Waals surface area contributed by atoms with Crippen LogP contribution in [0, 0.1) is 0 Å². The van der Waals surface area contributed by atoms with Gasteiger partial charge in [0, 0.05) is 0 Å². The summed E-state index contributed by atoms with van der Waals surface area (Å²) in [5.41, 5.74) is 0.535. The summed E-state index contributed by atoms with van der Waals surface area (Å²) >= 11 is 0. The number of carbonyl (C=O) groups excluding carboxylic acids is 3. The van der Waals surface area contributed by atoms with Crippen LogP contribution < -0.4 is 0 Å². The minimum Gasteiger partial charge on any atom is -0.449 e. The normalized spacial score (nSPS) is 21.7. The van der Waals surface area contributed by atoms with Gasteiger partial charge in [-0.1, -0.05) is 54.6 Å². The van der Waals surface area contributed by atoms with Gasteiger partial charge in [-0.3, -0.25) is 4.74 Å². The van der Waals surface area contributed by atoms with Gasteiger partial charge in [0.2, 0.25) is 24.9 Å². The molecule has 1 fully saturated rings. The summed E-state index contributed by atoms with van der Waals surface area (Å²) in [7, 11) is 0. The Hall–Kier alpha value is -4.04. The monoisotopic (exact) mass is 450 g/mol. The van der Waals surface area contributed by atoms with Crippen LogP contribution >= 0.6 is 0 Å². The van der Waals surface area contributed by atoms with Crippen LogP contribution in [-0.2, 0) is 18.9 Å². The molecule has 33 heavy (non-hydrogen) atoms. The maximum Gasteiger partial charge on any atom is 0.340 e. The number of hydrogen-bond donors (Lipinski definition) is 0. The number of ether oxygens (including phenoxy) is 4. The van der Waals surface area contributed by atoms with Crippen LogP contribution in [0.2, 0.25) is 0 Å². The van der Waals surface area contributed by atoms with Crippen molar-refractivity contribution in [3.8, 4) is 0 Å². The van der Waals surface area contributed by atoms with E-state index in [0.717, 1.165) is 0 Å². The third kappa shape index (κ3) is 5.24. The molecule has 7 nitrogen and oxygen atoms in total. The predicted octanol–water partition coefficient (Wildman–Crippen LogP) is 3.95. The summed E-state index contributed by atoms with van der Waals surface area (Å²) in [5.74, 6) is -2.50. The molecule has 1 saturated heterocycles. The predicted molar refractivity (Wildman–Crippen MR) is 113 cm³/mol. The number of hydrogen-bond acceptors (Lipinski definition) is 7. The lowest BCUT2D eigenvalue weighted by atomic mass is 10.2. The number of halogens is 1. The summed E-state index contributed by atoms with van der Waals surface area (Å²) in [5, 5.41) is 0. The number of rotatable bonds is 6. The van der Waals surface area contributed by atoms with E-state index in [0.29, 0.717) is 0 Å². The van der Waals surface area contributed by atoms with Crippen LogP contribution in [0.3, 0.4) is 0 Å². The molecule has 1 heterocycles. The largest absolute Gasteiger partial charge is 0.449 e.